The van der Waals surface area contributed by atoms with Crippen molar-refractivity contribution >= 4 is 11.8 Å². The van der Waals surface area contributed by atoms with Gasteiger partial charge in [0, 0.05) is 19.1 Å². The number of amides is 2. The van der Waals surface area contributed by atoms with E-state index in [4.69, 9.17) is 0 Å². The number of nitrogens with one attached hydrogen (secondary N) is 2. The largest absolute Gasteiger partial charge is 0.346 e. The maximum atomic E-state index is 11.6. The average Bonchev–Trinajstić information content (AvgIpc) is 2.95. The van der Waals surface area contributed by atoms with Gasteiger partial charge in [0.15, 0.2) is 0 Å². The molecule has 0 aromatic carbocycles. The van der Waals surface area contributed by atoms with E-state index in [2.05, 4.69) is 10.6 Å². The molecule has 1 aliphatic carbocycles. The maximum absolute atomic E-state index is 11.6. The molecule has 0 unspecified atom stereocenters. The third kappa shape index (κ3) is 3.48. The Morgan fingerprint density at radius 1 is 1.12 bits per heavy atom. The highest BCUT2D eigenvalue weighted by molar-refractivity contribution is 5.85. The van der Waals surface area contributed by atoms with E-state index in [1.54, 1.807) is 0 Å². The molecule has 1 heterocycles. The molecule has 5 heteroatoms. The fraction of sp³-hybridized carbons (Fsp3) is 0.818. The molecule has 2 rings (SSSR count). The summed E-state index contributed by atoms with van der Waals surface area (Å²) < 4.78 is 0. The Hall–Kier alpha value is -1.10. The molecule has 90 valence electrons. The third-order valence-electron chi connectivity index (χ3n) is 3.02. The minimum Gasteiger partial charge on any atom is -0.346 e. The summed E-state index contributed by atoms with van der Waals surface area (Å²) in [5, 5.41) is 5.76. The molecule has 0 atom stereocenters. The highest BCUT2D eigenvalue weighted by Crippen LogP contribution is 2.17. The fourth-order valence-corrected chi connectivity index (χ4v) is 1.84. The average molecular weight is 225 g/mol. The van der Waals surface area contributed by atoms with Crippen LogP contribution < -0.4 is 10.6 Å². The SMILES string of the molecule is O=C(CNC1CC1)NCC(=O)N1CCCC1. The van der Waals surface area contributed by atoms with Gasteiger partial charge in [-0.05, 0) is 25.7 Å². The van der Waals surface area contributed by atoms with E-state index in [0.29, 0.717) is 12.6 Å². The number of hydrogen-bond acceptors (Lipinski definition) is 3. The van der Waals surface area contributed by atoms with E-state index in [0.717, 1.165) is 25.9 Å². The van der Waals surface area contributed by atoms with E-state index in [1.165, 1.54) is 12.8 Å². The smallest absolute Gasteiger partial charge is 0.241 e. The summed E-state index contributed by atoms with van der Waals surface area (Å²) in [4.78, 5) is 24.8. The van der Waals surface area contributed by atoms with E-state index >= 15 is 0 Å². The van der Waals surface area contributed by atoms with Crippen LogP contribution >= 0.6 is 0 Å². The molecule has 2 N–H and O–H groups in total. The number of carbonyl (C=O) groups is 2. The molecule has 1 saturated heterocycles. The Balaban J connectivity index is 1.57. The van der Waals surface area contributed by atoms with Crippen molar-refractivity contribution in [2.45, 2.75) is 31.7 Å². The van der Waals surface area contributed by atoms with Crippen molar-refractivity contribution in [3.8, 4) is 0 Å². The summed E-state index contributed by atoms with van der Waals surface area (Å²) >= 11 is 0. The molecule has 2 fully saturated rings. The lowest BCUT2D eigenvalue weighted by Gasteiger charge is -2.15. The van der Waals surface area contributed by atoms with Gasteiger partial charge in [0.1, 0.15) is 0 Å². The quantitative estimate of drug-likeness (QED) is 0.661. The van der Waals surface area contributed by atoms with Crippen molar-refractivity contribution in [3.63, 3.8) is 0 Å². The first-order valence-electron chi connectivity index (χ1n) is 6.03. The number of hydrogen-bond donors (Lipinski definition) is 2. The Labute approximate surface area is 95.6 Å². The highest BCUT2D eigenvalue weighted by atomic mass is 16.2. The minimum absolute atomic E-state index is 0.0391. The first-order chi connectivity index (χ1) is 7.75. The number of nitrogens with zero attached hydrogens (tertiary/aromatic N) is 1. The zero-order valence-corrected chi connectivity index (χ0v) is 9.50. The van der Waals surface area contributed by atoms with E-state index < -0.39 is 0 Å². The Morgan fingerprint density at radius 3 is 2.44 bits per heavy atom. The summed E-state index contributed by atoms with van der Waals surface area (Å²) in [6, 6.07) is 0.528. The number of carbonyl (C=O) groups excluding carboxylic acids is 2. The van der Waals surface area contributed by atoms with Crippen LogP contribution in [0.5, 0.6) is 0 Å². The van der Waals surface area contributed by atoms with E-state index in [-0.39, 0.29) is 18.4 Å². The van der Waals surface area contributed by atoms with Crippen LogP contribution in [0.25, 0.3) is 0 Å². The summed E-state index contributed by atoms with van der Waals surface area (Å²) in [5.74, 6) is -0.0447. The van der Waals surface area contributed by atoms with Gasteiger partial charge in [0.25, 0.3) is 0 Å². The molecule has 16 heavy (non-hydrogen) atoms. The van der Waals surface area contributed by atoms with Gasteiger partial charge >= 0.3 is 0 Å². The molecule has 0 aromatic rings. The second-order valence-electron chi connectivity index (χ2n) is 4.52. The molecule has 5 nitrogen and oxygen atoms in total. The van der Waals surface area contributed by atoms with Crippen molar-refractivity contribution in [2.24, 2.45) is 0 Å². The first kappa shape index (κ1) is 11.4. The Morgan fingerprint density at radius 2 is 1.81 bits per heavy atom. The second kappa shape index (κ2) is 5.30. The van der Waals surface area contributed by atoms with Crippen molar-refractivity contribution in [1.29, 1.82) is 0 Å². The van der Waals surface area contributed by atoms with Crippen LogP contribution in [-0.2, 0) is 9.59 Å². The summed E-state index contributed by atoms with van der Waals surface area (Å²) in [7, 11) is 0. The molecule has 0 spiro atoms. The zero-order chi connectivity index (χ0) is 11.4. The fourth-order valence-electron chi connectivity index (χ4n) is 1.84. The second-order valence-corrected chi connectivity index (χ2v) is 4.52. The van der Waals surface area contributed by atoms with Gasteiger partial charge < -0.3 is 15.5 Å². The van der Waals surface area contributed by atoms with Crippen molar-refractivity contribution in [3.05, 3.63) is 0 Å². The van der Waals surface area contributed by atoms with Crippen LogP contribution in [0.3, 0.4) is 0 Å². The van der Waals surface area contributed by atoms with Gasteiger partial charge in [-0.15, -0.1) is 0 Å². The molecule has 1 saturated carbocycles. The molecular weight excluding hydrogens is 206 g/mol. The molecule has 0 aromatic heterocycles. The van der Waals surface area contributed by atoms with Crippen LogP contribution in [0.15, 0.2) is 0 Å². The van der Waals surface area contributed by atoms with Crippen LogP contribution in [0, 0.1) is 0 Å². The van der Waals surface area contributed by atoms with Crippen molar-refractivity contribution in [1.82, 2.24) is 15.5 Å². The van der Waals surface area contributed by atoms with Gasteiger partial charge in [-0.1, -0.05) is 0 Å². The molecule has 0 radical (unpaired) electrons. The summed E-state index contributed by atoms with van der Waals surface area (Å²) in [5.41, 5.74) is 0. The van der Waals surface area contributed by atoms with E-state index in [9.17, 15) is 9.59 Å². The lowest BCUT2D eigenvalue weighted by Crippen LogP contribution is -2.42. The van der Waals surface area contributed by atoms with Crippen LogP contribution in [0.4, 0.5) is 0 Å². The molecular formula is C11H19N3O2. The summed E-state index contributed by atoms with van der Waals surface area (Å²) in [6.07, 6.45) is 4.51. The molecule has 1 aliphatic heterocycles. The Kier molecular flexibility index (Phi) is 3.77. The summed E-state index contributed by atoms with van der Waals surface area (Å²) in [6.45, 7) is 2.16. The topological polar surface area (TPSA) is 61.4 Å². The lowest BCUT2D eigenvalue weighted by atomic mass is 10.4. The van der Waals surface area contributed by atoms with Crippen LogP contribution in [0.2, 0.25) is 0 Å². The monoisotopic (exact) mass is 225 g/mol. The standard InChI is InChI=1S/C11H19N3O2/c15-10(7-12-9-3-4-9)13-8-11(16)14-5-1-2-6-14/h9,12H,1-8H2,(H,13,15). The zero-order valence-electron chi connectivity index (χ0n) is 9.50. The normalized spacial score (nSPS) is 19.9. The number of rotatable bonds is 5. The first-order valence-corrected chi connectivity index (χ1v) is 6.03. The lowest BCUT2D eigenvalue weighted by molar-refractivity contribution is -0.131. The maximum Gasteiger partial charge on any atom is 0.241 e. The number of likely N-dealkylation sites (tertiary alicyclic amines) is 1. The minimum atomic E-state index is -0.0838. The predicted octanol–water partition coefficient (Wildman–Crippen LogP) is -0.523. The van der Waals surface area contributed by atoms with Crippen LogP contribution in [0.1, 0.15) is 25.7 Å². The third-order valence-corrected chi connectivity index (χ3v) is 3.02. The van der Waals surface area contributed by atoms with Crippen LogP contribution in [-0.4, -0.2) is 48.9 Å². The molecule has 2 aliphatic rings. The highest BCUT2D eigenvalue weighted by Gasteiger charge is 2.22. The Bertz CT molecular complexity index is 270. The predicted molar refractivity (Wildman–Crippen MR) is 59.8 cm³/mol. The van der Waals surface area contributed by atoms with Crippen molar-refractivity contribution in [2.75, 3.05) is 26.2 Å². The van der Waals surface area contributed by atoms with Gasteiger partial charge in [0.05, 0.1) is 13.1 Å². The van der Waals surface area contributed by atoms with Gasteiger partial charge in [-0.2, -0.15) is 0 Å². The van der Waals surface area contributed by atoms with Gasteiger partial charge in [0.2, 0.25) is 11.8 Å². The van der Waals surface area contributed by atoms with Gasteiger partial charge in [-0.3, -0.25) is 9.59 Å². The van der Waals surface area contributed by atoms with Gasteiger partial charge in [-0.25, -0.2) is 0 Å². The van der Waals surface area contributed by atoms with Crippen molar-refractivity contribution < 1.29 is 9.59 Å². The molecule has 0 bridgehead atoms. The molecule has 2 amide bonds. The van der Waals surface area contributed by atoms with E-state index in [1.807, 2.05) is 4.90 Å².